The van der Waals surface area contributed by atoms with Crippen molar-refractivity contribution in [3.8, 4) is 28.3 Å². The molecule has 1 atom stereocenters. The molecule has 1 aliphatic rings. The third-order valence-electron chi connectivity index (χ3n) is 5.70. The van der Waals surface area contributed by atoms with E-state index in [1.54, 1.807) is 18.6 Å². The Morgan fingerprint density at radius 2 is 2.03 bits per heavy atom. The molecule has 178 valence electrons. The minimum atomic E-state index is -0.960. The quantitative estimate of drug-likeness (QED) is 0.295. The number of carbonyl (C=O) groups is 1. The summed E-state index contributed by atoms with van der Waals surface area (Å²) in [5.74, 6) is 0.352. The predicted molar refractivity (Wildman–Crippen MR) is 134 cm³/mol. The van der Waals surface area contributed by atoms with Crippen molar-refractivity contribution < 1.29 is 14.6 Å². The summed E-state index contributed by atoms with van der Waals surface area (Å²) in [5.41, 5.74) is 4.28. The summed E-state index contributed by atoms with van der Waals surface area (Å²) in [6, 6.07) is 7.56. The molecule has 9 nitrogen and oxygen atoms in total. The third kappa shape index (κ3) is 4.85. The van der Waals surface area contributed by atoms with Crippen LogP contribution >= 0.6 is 23.4 Å². The lowest BCUT2D eigenvalue weighted by molar-refractivity contribution is 0.145. The van der Waals surface area contributed by atoms with Crippen molar-refractivity contribution >= 4 is 40.5 Å². The number of hydrogen-bond donors (Lipinski definition) is 1. The number of likely N-dealkylation sites (tertiary alicyclic amines) is 1. The lowest BCUT2D eigenvalue weighted by Gasteiger charge is -2.18. The smallest absolute Gasteiger partial charge is 0.407 e. The van der Waals surface area contributed by atoms with Gasteiger partial charge in [0, 0.05) is 52.5 Å². The number of rotatable bonds is 5. The Bertz CT molecular complexity index is 1440. The van der Waals surface area contributed by atoms with Crippen LogP contribution in [0.3, 0.4) is 0 Å². The van der Waals surface area contributed by atoms with Crippen molar-refractivity contribution in [3.63, 3.8) is 0 Å². The minimum Gasteiger partial charge on any atom is -0.472 e. The zero-order valence-corrected chi connectivity index (χ0v) is 20.5. The molecule has 1 aliphatic heterocycles. The van der Waals surface area contributed by atoms with Crippen LogP contribution in [0.15, 0.2) is 48.0 Å². The maximum absolute atomic E-state index is 11.4. The van der Waals surface area contributed by atoms with Crippen LogP contribution in [0.4, 0.5) is 4.79 Å². The van der Waals surface area contributed by atoms with Crippen molar-refractivity contribution in [1.82, 2.24) is 29.8 Å². The fraction of sp³-hybridized carbons (Fsp3) is 0.250. The fourth-order valence-electron chi connectivity index (χ4n) is 3.96. The zero-order valence-electron chi connectivity index (χ0n) is 19.0. The number of thioether (sulfide) groups is 1. The number of nitrogens with zero attached hydrogens (tertiary/aromatic N) is 6. The molecule has 0 bridgehead atoms. The molecule has 1 saturated heterocycles. The maximum atomic E-state index is 11.4. The first-order chi connectivity index (χ1) is 16.9. The third-order valence-corrected chi connectivity index (χ3v) is 6.57. The van der Waals surface area contributed by atoms with Crippen molar-refractivity contribution in [2.24, 2.45) is 0 Å². The molecule has 4 aromatic rings. The van der Waals surface area contributed by atoms with Gasteiger partial charge in [0.2, 0.25) is 5.88 Å². The van der Waals surface area contributed by atoms with E-state index >= 15 is 0 Å². The van der Waals surface area contributed by atoms with E-state index in [0.29, 0.717) is 40.2 Å². The molecule has 0 saturated carbocycles. The van der Waals surface area contributed by atoms with E-state index in [9.17, 15) is 9.90 Å². The van der Waals surface area contributed by atoms with Crippen LogP contribution in [0.5, 0.6) is 5.88 Å². The van der Waals surface area contributed by atoms with Crippen molar-refractivity contribution in [2.45, 2.75) is 24.6 Å². The zero-order chi connectivity index (χ0) is 24.5. The van der Waals surface area contributed by atoms with Crippen LogP contribution in [0.2, 0.25) is 5.02 Å². The first-order valence-corrected chi connectivity index (χ1v) is 12.5. The minimum absolute atomic E-state index is 0.271. The number of fused-ring (bicyclic) bond motifs is 1. The highest BCUT2D eigenvalue weighted by Crippen LogP contribution is 2.38. The monoisotopic (exact) mass is 508 g/mol. The van der Waals surface area contributed by atoms with Gasteiger partial charge in [-0.1, -0.05) is 35.5 Å². The molecule has 1 unspecified atom stereocenters. The van der Waals surface area contributed by atoms with E-state index in [-0.39, 0.29) is 12.6 Å². The molecule has 0 spiro atoms. The van der Waals surface area contributed by atoms with Crippen LogP contribution < -0.4 is 4.74 Å². The number of ether oxygens (including phenoxy) is 1. The lowest BCUT2D eigenvalue weighted by atomic mass is 10.0. The predicted octanol–water partition coefficient (Wildman–Crippen LogP) is 4.96. The summed E-state index contributed by atoms with van der Waals surface area (Å²) in [4.78, 5) is 35.0. The maximum Gasteiger partial charge on any atom is 0.407 e. The number of aryl methyl sites for hydroxylation is 1. The van der Waals surface area contributed by atoms with Gasteiger partial charge in [0.25, 0.3) is 0 Å². The first kappa shape index (κ1) is 23.3. The Morgan fingerprint density at radius 1 is 1.17 bits per heavy atom. The Labute approximate surface area is 210 Å². The molecule has 1 N–H and O–H groups in total. The molecule has 35 heavy (non-hydrogen) atoms. The van der Waals surface area contributed by atoms with Crippen LogP contribution in [0.1, 0.15) is 12.1 Å². The fourth-order valence-corrected chi connectivity index (χ4v) is 4.58. The highest BCUT2D eigenvalue weighted by atomic mass is 35.5. The topological polar surface area (TPSA) is 114 Å². The Kier molecular flexibility index (Phi) is 6.40. The van der Waals surface area contributed by atoms with Crippen LogP contribution in [0, 0.1) is 6.92 Å². The Hall–Kier alpha value is -3.50. The SMILES string of the molecule is CSc1ncc2cc(-c3ccc(-c4cncc(C)n4)cc3Cl)c(OC3CCN(C(=O)O)C3)nc2n1. The number of carboxylic acid groups (broad SMARTS) is 1. The molecule has 1 aromatic carbocycles. The van der Waals surface area contributed by atoms with Crippen LogP contribution in [-0.2, 0) is 0 Å². The second kappa shape index (κ2) is 9.63. The molecule has 5 rings (SSSR count). The molecular weight excluding hydrogens is 488 g/mol. The highest BCUT2D eigenvalue weighted by molar-refractivity contribution is 7.98. The summed E-state index contributed by atoms with van der Waals surface area (Å²) in [7, 11) is 0. The number of halogens is 1. The molecule has 3 aromatic heterocycles. The molecule has 0 radical (unpaired) electrons. The first-order valence-electron chi connectivity index (χ1n) is 10.9. The van der Waals surface area contributed by atoms with Crippen molar-refractivity contribution in [3.05, 3.63) is 53.6 Å². The van der Waals surface area contributed by atoms with E-state index in [0.717, 1.165) is 27.9 Å². The molecule has 1 fully saturated rings. The van der Waals surface area contributed by atoms with Gasteiger partial charge in [0.05, 0.1) is 24.1 Å². The van der Waals surface area contributed by atoms with Crippen LogP contribution in [0.25, 0.3) is 33.4 Å². The van der Waals surface area contributed by atoms with Crippen molar-refractivity contribution in [1.29, 1.82) is 0 Å². The molecular formula is C24H21ClN6O3S. The Balaban J connectivity index is 1.57. The van der Waals surface area contributed by atoms with Gasteiger partial charge in [-0.3, -0.25) is 4.98 Å². The molecule has 1 amide bonds. The summed E-state index contributed by atoms with van der Waals surface area (Å²) < 4.78 is 6.24. The van der Waals surface area contributed by atoms with E-state index < -0.39 is 6.09 Å². The summed E-state index contributed by atoms with van der Waals surface area (Å²) in [6.45, 7) is 2.57. The van der Waals surface area contributed by atoms with E-state index in [1.807, 2.05) is 37.4 Å². The summed E-state index contributed by atoms with van der Waals surface area (Å²) in [5, 5.41) is 11.2. The summed E-state index contributed by atoms with van der Waals surface area (Å²) in [6.07, 6.45) is 6.30. The number of pyridine rings is 1. The van der Waals surface area contributed by atoms with Crippen molar-refractivity contribution in [2.75, 3.05) is 19.3 Å². The van der Waals surface area contributed by atoms with E-state index in [2.05, 4.69) is 19.9 Å². The summed E-state index contributed by atoms with van der Waals surface area (Å²) >= 11 is 8.18. The number of hydrogen-bond acceptors (Lipinski definition) is 8. The van der Waals surface area contributed by atoms with Gasteiger partial charge >= 0.3 is 6.09 Å². The normalized spacial score (nSPS) is 15.5. The van der Waals surface area contributed by atoms with Gasteiger partial charge in [-0.2, -0.15) is 4.98 Å². The van der Waals surface area contributed by atoms with Gasteiger partial charge < -0.3 is 14.7 Å². The van der Waals surface area contributed by atoms with Gasteiger partial charge in [-0.05, 0) is 25.3 Å². The molecule has 11 heteroatoms. The van der Waals surface area contributed by atoms with Crippen LogP contribution in [-0.4, -0.2) is 66.5 Å². The highest BCUT2D eigenvalue weighted by Gasteiger charge is 2.29. The van der Waals surface area contributed by atoms with Gasteiger partial charge in [-0.25, -0.2) is 19.7 Å². The average molecular weight is 509 g/mol. The van der Waals surface area contributed by atoms with E-state index in [1.165, 1.54) is 16.7 Å². The number of benzene rings is 1. The molecule has 0 aliphatic carbocycles. The molecule has 4 heterocycles. The number of aromatic nitrogens is 5. The largest absolute Gasteiger partial charge is 0.472 e. The Morgan fingerprint density at radius 3 is 2.74 bits per heavy atom. The van der Waals surface area contributed by atoms with Gasteiger partial charge in [0.1, 0.15) is 6.10 Å². The second-order valence-corrected chi connectivity index (χ2v) is 9.29. The van der Waals surface area contributed by atoms with E-state index in [4.69, 9.17) is 21.3 Å². The standard InChI is InChI=1S/C24H21ClN6O3S/c1-13-9-26-11-20(28-13)14-3-4-17(19(25)8-14)18-7-15-10-27-23(35-2)30-21(15)29-22(18)34-16-5-6-31(12-16)24(32)33/h3-4,7-11,16H,5-6,12H2,1-2H3,(H,32,33). The average Bonchev–Trinajstić information content (AvgIpc) is 3.32. The second-order valence-electron chi connectivity index (χ2n) is 8.11. The van der Waals surface area contributed by atoms with Gasteiger partial charge in [0.15, 0.2) is 10.8 Å². The lowest BCUT2D eigenvalue weighted by Crippen LogP contribution is -2.29. The number of amides is 1. The van der Waals surface area contributed by atoms with Gasteiger partial charge in [-0.15, -0.1) is 0 Å².